The van der Waals surface area contributed by atoms with Gasteiger partial charge in [-0.25, -0.2) is 0 Å². The predicted molar refractivity (Wildman–Crippen MR) is 55.4 cm³/mol. The van der Waals surface area contributed by atoms with Gasteiger partial charge in [-0.1, -0.05) is 13.0 Å². The highest BCUT2D eigenvalue weighted by atomic mass is 19.3. The van der Waals surface area contributed by atoms with Gasteiger partial charge in [0.15, 0.2) is 0 Å². The first-order valence-electron chi connectivity index (χ1n) is 4.99. The average molecular weight is 228 g/mol. The summed E-state index contributed by atoms with van der Waals surface area (Å²) in [5.41, 5.74) is 2.30. The Morgan fingerprint density at radius 2 is 2.12 bits per heavy atom. The van der Waals surface area contributed by atoms with E-state index >= 15 is 0 Å². The first-order valence-corrected chi connectivity index (χ1v) is 4.99. The lowest BCUT2D eigenvalue weighted by Crippen LogP contribution is -2.32. The van der Waals surface area contributed by atoms with Gasteiger partial charge in [0.2, 0.25) is 0 Å². The van der Waals surface area contributed by atoms with E-state index in [9.17, 15) is 8.78 Å². The largest absolute Gasteiger partial charge is 0.535 e. The average Bonchev–Trinajstić information content (AvgIpc) is 2.26. The van der Waals surface area contributed by atoms with Gasteiger partial charge < -0.3 is 10.1 Å². The van der Waals surface area contributed by atoms with Crippen molar-refractivity contribution in [1.29, 1.82) is 0 Å². The summed E-state index contributed by atoms with van der Waals surface area (Å²) in [7, 11) is 1.73. The minimum Gasteiger partial charge on any atom is -0.409 e. The van der Waals surface area contributed by atoms with Crippen LogP contribution in [-0.2, 0) is 11.2 Å². The maximum absolute atomic E-state index is 12.8. The van der Waals surface area contributed by atoms with E-state index in [4.69, 9.17) is 0 Å². The first-order chi connectivity index (χ1) is 7.57. The van der Waals surface area contributed by atoms with E-state index in [1.807, 2.05) is 6.92 Å². The van der Waals surface area contributed by atoms with Crippen molar-refractivity contribution in [3.8, 4) is 5.75 Å². The zero-order chi connectivity index (χ0) is 11.8. The number of rotatable bonds is 2. The molecule has 1 radical (unpaired) electrons. The Kier molecular flexibility index (Phi) is 2.71. The van der Waals surface area contributed by atoms with Gasteiger partial charge in [0, 0.05) is 12.7 Å². The van der Waals surface area contributed by atoms with Crippen molar-refractivity contribution in [2.75, 3.05) is 12.4 Å². The predicted octanol–water partition coefficient (Wildman–Crippen LogP) is 2.76. The van der Waals surface area contributed by atoms with Gasteiger partial charge in [-0.15, -0.1) is 8.78 Å². The smallest absolute Gasteiger partial charge is 0.409 e. The quantitative estimate of drug-likeness (QED) is 0.844. The summed E-state index contributed by atoms with van der Waals surface area (Å²) in [6.45, 7) is 3.02. The van der Waals surface area contributed by atoms with E-state index < -0.39 is 6.29 Å². The zero-order valence-corrected chi connectivity index (χ0v) is 9.01. The summed E-state index contributed by atoms with van der Waals surface area (Å²) in [5.74, 6) is 0.123. The third kappa shape index (κ3) is 1.82. The Morgan fingerprint density at radius 1 is 1.38 bits per heavy atom. The molecule has 0 saturated carbocycles. The molecule has 0 unspecified atom stereocenters. The van der Waals surface area contributed by atoms with Gasteiger partial charge in [-0.3, -0.25) is 4.74 Å². The first kappa shape index (κ1) is 11.1. The molecule has 0 atom stereocenters. The summed E-state index contributed by atoms with van der Waals surface area (Å²) >= 11 is 0. The van der Waals surface area contributed by atoms with E-state index in [1.54, 1.807) is 13.1 Å². The lowest BCUT2D eigenvalue weighted by Gasteiger charge is -2.26. The van der Waals surface area contributed by atoms with Gasteiger partial charge in [-0.05, 0) is 18.1 Å². The van der Waals surface area contributed by atoms with E-state index in [1.165, 1.54) is 6.07 Å². The van der Waals surface area contributed by atoms with Crippen molar-refractivity contribution >= 4 is 5.69 Å². The van der Waals surface area contributed by atoms with Crippen molar-refractivity contribution in [2.24, 2.45) is 0 Å². The molecule has 5 heteroatoms. The number of benzene rings is 1. The molecular formula is C11H12F2NO2. The number of hydrogen-bond donors (Lipinski definition) is 1. The molecule has 87 valence electrons. The molecule has 1 heterocycles. The maximum Gasteiger partial charge on any atom is 0.535 e. The third-order valence-corrected chi connectivity index (χ3v) is 2.47. The van der Waals surface area contributed by atoms with Gasteiger partial charge >= 0.3 is 6.29 Å². The molecule has 0 fully saturated rings. The fourth-order valence-corrected chi connectivity index (χ4v) is 1.72. The number of hydrogen-bond acceptors (Lipinski definition) is 3. The lowest BCUT2D eigenvalue weighted by molar-refractivity contribution is -0.344. The second kappa shape index (κ2) is 3.90. The van der Waals surface area contributed by atoms with E-state index in [0.29, 0.717) is 5.56 Å². The Balaban J connectivity index is 2.46. The second-order valence-corrected chi connectivity index (χ2v) is 3.42. The molecule has 0 aliphatic carbocycles. The van der Waals surface area contributed by atoms with Crippen molar-refractivity contribution < 1.29 is 18.3 Å². The zero-order valence-electron chi connectivity index (χ0n) is 9.01. The lowest BCUT2D eigenvalue weighted by atomic mass is 10.0. The number of ether oxygens (including phenoxy) is 2. The summed E-state index contributed by atoms with van der Waals surface area (Å²) in [4.78, 5) is 0. The molecular weight excluding hydrogens is 216 g/mol. The number of aryl methyl sites for hydroxylation is 1. The SMILES string of the molecule is CCc1ccc2c(c1NC)[CH]OC(F)(F)O2. The Bertz CT molecular complexity index is 407. The molecule has 0 aromatic heterocycles. The summed E-state index contributed by atoms with van der Waals surface area (Å²) < 4.78 is 34.3. The van der Waals surface area contributed by atoms with Crippen molar-refractivity contribution in [1.82, 2.24) is 0 Å². The molecule has 2 rings (SSSR count). The van der Waals surface area contributed by atoms with Crippen LogP contribution in [0.25, 0.3) is 0 Å². The van der Waals surface area contributed by atoms with E-state index in [0.717, 1.165) is 24.3 Å². The van der Waals surface area contributed by atoms with E-state index in [2.05, 4.69) is 14.8 Å². The molecule has 0 amide bonds. The van der Waals surface area contributed by atoms with Crippen LogP contribution in [-0.4, -0.2) is 13.3 Å². The topological polar surface area (TPSA) is 30.5 Å². The molecule has 3 nitrogen and oxygen atoms in total. The van der Waals surface area contributed by atoms with Crippen LogP contribution in [0.15, 0.2) is 12.1 Å². The third-order valence-electron chi connectivity index (χ3n) is 2.47. The second-order valence-electron chi connectivity index (χ2n) is 3.42. The summed E-state index contributed by atoms with van der Waals surface area (Å²) in [6, 6.07) is 3.29. The van der Waals surface area contributed by atoms with Gasteiger partial charge in [-0.2, -0.15) is 0 Å². The number of nitrogens with one attached hydrogen (secondary N) is 1. The van der Waals surface area contributed by atoms with Crippen LogP contribution in [0.5, 0.6) is 5.75 Å². The van der Waals surface area contributed by atoms with Crippen molar-refractivity contribution in [3.05, 3.63) is 29.9 Å². The molecule has 1 aliphatic rings. The molecule has 1 aromatic carbocycles. The molecule has 0 bridgehead atoms. The normalized spacial score (nSPS) is 17.5. The Morgan fingerprint density at radius 3 is 2.75 bits per heavy atom. The molecule has 1 aromatic rings. The highest BCUT2D eigenvalue weighted by Crippen LogP contribution is 2.39. The van der Waals surface area contributed by atoms with Crippen molar-refractivity contribution in [3.63, 3.8) is 0 Å². The van der Waals surface area contributed by atoms with Crippen LogP contribution in [0, 0.1) is 6.61 Å². The van der Waals surface area contributed by atoms with Crippen LogP contribution in [0.1, 0.15) is 18.1 Å². The maximum atomic E-state index is 12.8. The standard InChI is InChI=1S/C11H12F2NO2/c1-3-7-4-5-9-8(10(7)14-2)6-15-11(12,13)16-9/h4-6,14H,3H2,1-2H3. The molecule has 0 saturated heterocycles. The number of fused-ring (bicyclic) bond motifs is 1. The highest BCUT2D eigenvalue weighted by Gasteiger charge is 2.39. The minimum atomic E-state index is -3.58. The molecule has 1 N–H and O–H groups in total. The molecule has 0 spiro atoms. The highest BCUT2D eigenvalue weighted by molar-refractivity contribution is 5.65. The molecule has 16 heavy (non-hydrogen) atoms. The van der Waals surface area contributed by atoms with Crippen LogP contribution in [0.2, 0.25) is 0 Å². The van der Waals surface area contributed by atoms with Crippen LogP contribution < -0.4 is 10.1 Å². The molecule has 1 aliphatic heterocycles. The Labute approximate surface area is 92.4 Å². The van der Waals surface area contributed by atoms with Crippen LogP contribution in [0.4, 0.5) is 14.5 Å². The van der Waals surface area contributed by atoms with Gasteiger partial charge in [0.25, 0.3) is 0 Å². The number of alkyl halides is 2. The minimum absolute atomic E-state index is 0.123. The monoisotopic (exact) mass is 228 g/mol. The Hall–Kier alpha value is -1.36. The van der Waals surface area contributed by atoms with E-state index in [-0.39, 0.29) is 5.75 Å². The van der Waals surface area contributed by atoms with Crippen LogP contribution >= 0.6 is 0 Å². The summed E-state index contributed by atoms with van der Waals surface area (Å²) in [5, 5.41) is 2.97. The number of halogens is 2. The van der Waals surface area contributed by atoms with Gasteiger partial charge in [0.05, 0.1) is 5.56 Å². The number of anilines is 1. The van der Waals surface area contributed by atoms with Crippen LogP contribution in [0.3, 0.4) is 0 Å². The van der Waals surface area contributed by atoms with Crippen molar-refractivity contribution in [2.45, 2.75) is 19.6 Å². The summed E-state index contributed by atoms with van der Waals surface area (Å²) in [6.07, 6.45) is -2.78. The fourth-order valence-electron chi connectivity index (χ4n) is 1.72. The fraction of sp³-hybridized carbons (Fsp3) is 0.364. The van der Waals surface area contributed by atoms with Gasteiger partial charge in [0.1, 0.15) is 12.4 Å².